The normalized spacial score (nSPS) is 36.0. The first-order valence-corrected chi connectivity index (χ1v) is 8.38. The highest BCUT2D eigenvalue weighted by molar-refractivity contribution is 5.39. The average molecular weight is 271 g/mol. The van der Waals surface area contributed by atoms with Gasteiger partial charge in [0.25, 0.3) is 0 Å². The van der Waals surface area contributed by atoms with E-state index < -0.39 is 0 Å². The lowest BCUT2D eigenvalue weighted by molar-refractivity contribution is 0.135. The zero-order chi connectivity index (χ0) is 13.4. The Morgan fingerprint density at radius 3 is 2.75 bits per heavy atom. The van der Waals surface area contributed by atoms with Crippen LogP contribution in [0.3, 0.4) is 0 Å². The van der Waals surface area contributed by atoms with Gasteiger partial charge in [-0.3, -0.25) is 0 Å². The molecule has 3 aliphatic rings. The van der Waals surface area contributed by atoms with Crippen molar-refractivity contribution < 1.29 is 4.74 Å². The molecule has 1 heterocycles. The van der Waals surface area contributed by atoms with Crippen LogP contribution in [0.1, 0.15) is 56.6 Å². The van der Waals surface area contributed by atoms with Crippen molar-refractivity contribution in [1.29, 1.82) is 0 Å². The summed E-state index contributed by atoms with van der Waals surface area (Å²) in [5.41, 5.74) is 1.36. The van der Waals surface area contributed by atoms with E-state index in [9.17, 15) is 0 Å². The van der Waals surface area contributed by atoms with Gasteiger partial charge in [-0.25, -0.2) is 0 Å². The van der Waals surface area contributed by atoms with Crippen LogP contribution in [0.5, 0.6) is 5.75 Å². The number of ether oxygens (including phenoxy) is 1. The number of rotatable bonds is 2. The number of benzene rings is 1. The maximum atomic E-state index is 5.80. The summed E-state index contributed by atoms with van der Waals surface area (Å²) in [5, 5.41) is 3.88. The molecule has 2 aliphatic carbocycles. The van der Waals surface area contributed by atoms with Crippen LogP contribution in [-0.4, -0.2) is 12.6 Å². The summed E-state index contributed by atoms with van der Waals surface area (Å²) in [7, 11) is 0. The number of hydrogen-bond acceptors (Lipinski definition) is 2. The zero-order valence-corrected chi connectivity index (χ0v) is 12.2. The molecule has 2 saturated carbocycles. The number of hydrogen-bond donors (Lipinski definition) is 1. The van der Waals surface area contributed by atoms with E-state index in [1.165, 1.54) is 50.5 Å². The molecule has 1 aromatic carbocycles. The molecular formula is C18H25NO. The van der Waals surface area contributed by atoms with Gasteiger partial charge in [-0.2, -0.15) is 0 Å². The molecule has 2 heteroatoms. The number of para-hydroxylation sites is 1. The van der Waals surface area contributed by atoms with Gasteiger partial charge in [0.1, 0.15) is 12.4 Å². The minimum absolute atomic E-state index is 0.413. The van der Waals surface area contributed by atoms with Gasteiger partial charge in [0.05, 0.1) is 6.04 Å². The summed E-state index contributed by atoms with van der Waals surface area (Å²) in [4.78, 5) is 0. The van der Waals surface area contributed by atoms with Crippen LogP contribution in [-0.2, 0) is 0 Å². The first kappa shape index (κ1) is 12.7. The van der Waals surface area contributed by atoms with Crippen LogP contribution in [0.15, 0.2) is 24.3 Å². The van der Waals surface area contributed by atoms with Crippen molar-refractivity contribution in [3.63, 3.8) is 0 Å². The fourth-order valence-corrected chi connectivity index (χ4v) is 4.61. The van der Waals surface area contributed by atoms with E-state index in [1.807, 2.05) is 0 Å². The molecule has 0 bridgehead atoms. The molecule has 2 nitrogen and oxygen atoms in total. The number of fused-ring (bicyclic) bond motifs is 2. The quantitative estimate of drug-likeness (QED) is 0.875. The molecule has 1 N–H and O–H groups in total. The first-order valence-electron chi connectivity index (χ1n) is 8.38. The standard InChI is InChI=1S/C18H25NO/c1-2-6-14-11-15(10-9-13(14)5-1)19-17-12-20-18-8-4-3-7-16(17)18/h3-4,7-8,13-15,17,19H,1-2,5-6,9-12H2. The maximum Gasteiger partial charge on any atom is 0.124 e. The summed E-state index contributed by atoms with van der Waals surface area (Å²) in [6, 6.07) is 9.61. The summed E-state index contributed by atoms with van der Waals surface area (Å²) in [6.45, 7) is 0.809. The summed E-state index contributed by atoms with van der Waals surface area (Å²) in [5.74, 6) is 3.11. The second-order valence-corrected chi connectivity index (χ2v) is 6.88. The molecule has 1 aliphatic heterocycles. The van der Waals surface area contributed by atoms with Gasteiger partial charge < -0.3 is 10.1 Å². The minimum atomic E-state index is 0.413. The van der Waals surface area contributed by atoms with Gasteiger partial charge in [0.15, 0.2) is 0 Å². The Morgan fingerprint density at radius 2 is 1.80 bits per heavy atom. The van der Waals surface area contributed by atoms with Gasteiger partial charge in [-0.15, -0.1) is 0 Å². The molecule has 4 atom stereocenters. The second-order valence-electron chi connectivity index (χ2n) is 6.88. The highest BCUT2D eigenvalue weighted by Crippen LogP contribution is 2.41. The van der Waals surface area contributed by atoms with Crippen molar-refractivity contribution in [2.75, 3.05) is 6.61 Å². The average Bonchev–Trinajstić information content (AvgIpc) is 2.91. The summed E-state index contributed by atoms with van der Waals surface area (Å²) in [6.07, 6.45) is 10.1. The lowest BCUT2D eigenvalue weighted by atomic mass is 9.69. The zero-order valence-electron chi connectivity index (χ0n) is 12.2. The monoisotopic (exact) mass is 271 g/mol. The fraction of sp³-hybridized carbons (Fsp3) is 0.667. The molecule has 0 amide bonds. The molecule has 0 spiro atoms. The van der Waals surface area contributed by atoms with Crippen LogP contribution in [0.2, 0.25) is 0 Å². The van der Waals surface area contributed by atoms with Gasteiger partial charge in [-0.05, 0) is 37.2 Å². The molecule has 0 saturated heterocycles. The van der Waals surface area contributed by atoms with E-state index in [-0.39, 0.29) is 0 Å². The Kier molecular flexibility index (Phi) is 3.43. The lowest BCUT2D eigenvalue weighted by Crippen LogP contribution is -2.40. The van der Waals surface area contributed by atoms with Crippen molar-refractivity contribution >= 4 is 0 Å². The molecule has 0 aromatic heterocycles. The smallest absolute Gasteiger partial charge is 0.124 e. The molecule has 2 fully saturated rings. The van der Waals surface area contributed by atoms with Crippen LogP contribution in [0.4, 0.5) is 0 Å². The van der Waals surface area contributed by atoms with Crippen LogP contribution >= 0.6 is 0 Å². The van der Waals surface area contributed by atoms with Crippen LogP contribution < -0.4 is 10.1 Å². The van der Waals surface area contributed by atoms with Gasteiger partial charge in [0.2, 0.25) is 0 Å². The summed E-state index contributed by atoms with van der Waals surface area (Å²) < 4.78 is 5.80. The van der Waals surface area contributed by atoms with Crippen molar-refractivity contribution in [3.8, 4) is 5.75 Å². The van der Waals surface area contributed by atoms with Crippen molar-refractivity contribution in [2.24, 2.45) is 11.8 Å². The maximum absolute atomic E-state index is 5.80. The lowest BCUT2D eigenvalue weighted by Gasteiger charge is -2.40. The largest absolute Gasteiger partial charge is 0.491 e. The topological polar surface area (TPSA) is 21.3 Å². The predicted octanol–water partition coefficient (Wildman–Crippen LogP) is 4.07. The summed E-state index contributed by atoms with van der Waals surface area (Å²) >= 11 is 0. The highest BCUT2D eigenvalue weighted by Gasteiger charge is 2.34. The van der Waals surface area contributed by atoms with Crippen molar-refractivity contribution in [1.82, 2.24) is 5.32 Å². The Morgan fingerprint density at radius 1 is 0.950 bits per heavy atom. The molecule has 1 aromatic rings. The van der Waals surface area contributed by atoms with E-state index in [0.29, 0.717) is 12.1 Å². The molecule has 20 heavy (non-hydrogen) atoms. The number of nitrogens with one attached hydrogen (secondary N) is 1. The minimum Gasteiger partial charge on any atom is -0.491 e. The third-order valence-electron chi connectivity index (χ3n) is 5.68. The predicted molar refractivity (Wildman–Crippen MR) is 80.9 cm³/mol. The van der Waals surface area contributed by atoms with E-state index in [0.717, 1.165) is 24.2 Å². The van der Waals surface area contributed by atoms with Gasteiger partial charge >= 0.3 is 0 Å². The Hall–Kier alpha value is -1.02. The fourth-order valence-electron chi connectivity index (χ4n) is 4.61. The Balaban J connectivity index is 1.41. The Bertz CT molecular complexity index is 472. The Labute approximate surface area is 121 Å². The van der Waals surface area contributed by atoms with Crippen LogP contribution in [0, 0.1) is 11.8 Å². The van der Waals surface area contributed by atoms with E-state index in [4.69, 9.17) is 4.74 Å². The van der Waals surface area contributed by atoms with Gasteiger partial charge in [-0.1, -0.05) is 43.9 Å². The van der Waals surface area contributed by atoms with Crippen molar-refractivity contribution in [2.45, 2.75) is 57.0 Å². The van der Waals surface area contributed by atoms with E-state index in [2.05, 4.69) is 29.6 Å². The molecule has 108 valence electrons. The van der Waals surface area contributed by atoms with Gasteiger partial charge in [0, 0.05) is 11.6 Å². The SMILES string of the molecule is c1ccc2c(c1)OCC2NC1CCC2CCCCC2C1. The van der Waals surface area contributed by atoms with E-state index >= 15 is 0 Å². The van der Waals surface area contributed by atoms with E-state index in [1.54, 1.807) is 0 Å². The molecule has 4 rings (SSSR count). The third-order valence-corrected chi connectivity index (χ3v) is 5.68. The molecule has 0 radical (unpaired) electrons. The molecule has 4 unspecified atom stereocenters. The first-order chi connectivity index (χ1) is 9.90. The van der Waals surface area contributed by atoms with Crippen molar-refractivity contribution in [3.05, 3.63) is 29.8 Å². The third kappa shape index (κ3) is 2.35. The van der Waals surface area contributed by atoms with Crippen LogP contribution in [0.25, 0.3) is 0 Å². The highest BCUT2D eigenvalue weighted by atomic mass is 16.5. The second kappa shape index (κ2) is 5.40. The molecular weight excluding hydrogens is 246 g/mol.